The molecule has 2 N–H and O–H groups in total. The Labute approximate surface area is 178 Å². The van der Waals surface area contributed by atoms with E-state index in [0.717, 1.165) is 11.6 Å². The van der Waals surface area contributed by atoms with Crippen LogP contribution in [0, 0.1) is 12.7 Å². The maximum atomic E-state index is 14.0. The van der Waals surface area contributed by atoms with Crippen LogP contribution in [0.15, 0.2) is 77.6 Å². The van der Waals surface area contributed by atoms with E-state index in [-0.39, 0.29) is 34.8 Å². The molecule has 0 aliphatic carbocycles. The van der Waals surface area contributed by atoms with Crippen LogP contribution in [0.3, 0.4) is 0 Å². The second-order valence-electron chi connectivity index (χ2n) is 7.24. The van der Waals surface area contributed by atoms with Gasteiger partial charge in [-0.3, -0.25) is 9.36 Å². The molecule has 0 amide bonds. The third kappa shape index (κ3) is 3.92. The first-order chi connectivity index (χ1) is 15.0. The van der Waals surface area contributed by atoms with E-state index >= 15 is 0 Å². The molecule has 3 aromatic carbocycles. The Bertz CT molecular complexity index is 1300. The van der Waals surface area contributed by atoms with Gasteiger partial charge in [0.2, 0.25) is 0 Å². The van der Waals surface area contributed by atoms with Crippen molar-refractivity contribution in [2.24, 2.45) is 0 Å². The Hall–Kier alpha value is -3.93. The van der Waals surface area contributed by atoms with Gasteiger partial charge in [-0.15, -0.1) is 0 Å². The van der Waals surface area contributed by atoms with Crippen LogP contribution in [0.1, 0.15) is 11.3 Å². The molecule has 1 aromatic heterocycles. The Kier molecular flexibility index (Phi) is 5.54. The number of phenolic OH excluding ortho intramolecular Hbond substituents is 2. The van der Waals surface area contributed by atoms with Crippen molar-refractivity contribution in [1.29, 1.82) is 0 Å². The standard InChI is InChI=1S/C25H21FN2O3/c1-16-22(18-10-5-6-13-21(18)29)25(31)28(15-14-17-8-3-2-4-9-17)24(27-16)19-11-7-12-20(26)23(19)30/h2-13,29-30H,14-15H2,1H3. The van der Waals surface area contributed by atoms with Crippen LogP contribution in [-0.4, -0.2) is 19.8 Å². The fourth-order valence-electron chi connectivity index (χ4n) is 3.65. The first kappa shape index (κ1) is 20.3. The van der Waals surface area contributed by atoms with E-state index in [9.17, 15) is 19.4 Å². The van der Waals surface area contributed by atoms with Gasteiger partial charge in [0.15, 0.2) is 11.6 Å². The van der Waals surface area contributed by atoms with Crippen molar-refractivity contribution in [3.63, 3.8) is 0 Å². The van der Waals surface area contributed by atoms with Crippen LogP contribution in [0.25, 0.3) is 22.5 Å². The van der Waals surface area contributed by atoms with Crippen molar-refractivity contribution < 1.29 is 14.6 Å². The average molecular weight is 416 g/mol. The van der Waals surface area contributed by atoms with Gasteiger partial charge in [0.05, 0.1) is 16.8 Å². The lowest BCUT2D eigenvalue weighted by atomic mass is 10.0. The summed E-state index contributed by atoms with van der Waals surface area (Å²) in [6, 6.07) is 20.4. The second kappa shape index (κ2) is 8.44. The predicted octanol–water partition coefficient (Wildman–Crippen LogP) is 4.68. The minimum Gasteiger partial charge on any atom is -0.507 e. The molecule has 0 bridgehead atoms. The fourth-order valence-corrected chi connectivity index (χ4v) is 3.65. The second-order valence-corrected chi connectivity index (χ2v) is 7.24. The topological polar surface area (TPSA) is 75.4 Å². The summed E-state index contributed by atoms with van der Waals surface area (Å²) in [5.74, 6) is -1.20. The molecule has 5 nitrogen and oxygen atoms in total. The number of hydrogen-bond acceptors (Lipinski definition) is 4. The van der Waals surface area contributed by atoms with Gasteiger partial charge < -0.3 is 10.2 Å². The number of para-hydroxylation sites is 2. The predicted molar refractivity (Wildman–Crippen MR) is 118 cm³/mol. The highest BCUT2D eigenvalue weighted by Crippen LogP contribution is 2.33. The summed E-state index contributed by atoms with van der Waals surface area (Å²) in [5.41, 5.74) is 1.81. The first-order valence-corrected chi connectivity index (χ1v) is 9.89. The van der Waals surface area contributed by atoms with Crippen molar-refractivity contribution in [3.05, 3.63) is 100 Å². The smallest absolute Gasteiger partial charge is 0.262 e. The number of phenols is 2. The van der Waals surface area contributed by atoms with Crippen LogP contribution in [0.4, 0.5) is 4.39 Å². The highest BCUT2D eigenvalue weighted by atomic mass is 19.1. The van der Waals surface area contributed by atoms with Crippen LogP contribution < -0.4 is 5.56 Å². The van der Waals surface area contributed by atoms with Gasteiger partial charge in [0.1, 0.15) is 11.6 Å². The van der Waals surface area contributed by atoms with Gasteiger partial charge in [-0.2, -0.15) is 0 Å². The highest BCUT2D eigenvalue weighted by molar-refractivity contribution is 5.73. The average Bonchev–Trinajstić information content (AvgIpc) is 2.77. The molecule has 0 fully saturated rings. The molecule has 0 radical (unpaired) electrons. The molecule has 0 saturated heterocycles. The van der Waals surface area contributed by atoms with Gasteiger partial charge in [0.25, 0.3) is 5.56 Å². The number of aromatic nitrogens is 2. The maximum absolute atomic E-state index is 14.0. The lowest BCUT2D eigenvalue weighted by molar-refractivity contribution is 0.433. The minimum absolute atomic E-state index is 0.0273. The molecule has 0 saturated carbocycles. The Balaban J connectivity index is 1.93. The SMILES string of the molecule is Cc1nc(-c2cccc(F)c2O)n(CCc2ccccc2)c(=O)c1-c1ccccc1O. The summed E-state index contributed by atoms with van der Waals surface area (Å²) in [5, 5.41) is 20.6. The third-order valence-corrected chi connectivity index (χ3v) is 5.22. The number of nitrogens with zero attached hydrogens (tertiary/aromatic N) is 2. The number of benzene rings is 3. The fraction of sp³-hybridized carbons (Fsp3) is 0.120. The number of aromatic hydroxyl groups is 2. The van der Waals surface area contributed by atoms with Crippen LogP contribution in [0.2, 0.25) is 0 Å². The molecule has 0 aliphatic rings. The Morgan fingerprint density at radius 1 is 0.903 bits per heavy atom. The molecule has 6 heteroatoms. The zero-order valence-electron chi connectivity index (χ0n) is 16.9. The van der Waals surface area contributed by atoms with E-state index in [2.05, 4.69) is 4.98 Å². The quantitative estimate of drug-likeness (QED) is 0.495. The zero-order valence-corrected chi connectivity index (χ0v) is 16.9. The van der Waals surface area contributed by atoms with Gasteiger partial charge in [-0.05, 0) is 37.1 Å². The van der Waals surface area contributed by atoms with Crippen LogP contribution in [-0.2, 0) is 13.0 Å². The molecule has 0 aliphatic heterocycles. The van der Waals surface area contributed by atoms with E-state index in [1.807, 2.05) is 30.3 Å². The normalized spacial score (nSPS) is 10.9. The summed E-state index contributed by atoms with van der Waals surface area (Å²) < 4.78 is 15.5. The van der Waals surface area contributed by atoms with Crippen molar-refractivity contribution in [2.75, 3.05) is 0 Å². The lowest BCUT2D eigenvalue weighted by Crippen LogP contribution is -2.27. The van der Waals surface area contributed by atoms with E-state index in [0.29, 0.717) is 17.7 Å². The van der Waals surface area contributed by atoms with Crippen molar-refractivity contribution in [2.45, 2.75) is 19.9 Å². The molecule has 4 rings (SSSR count). The van der Waals surface area contributed by atoms with Gasteiger partial charge in [-0.25, -0.2) is 9.37 Å². The Morgan fingerprint density at radius 3 is 2.32 bits per heavy atom. The summed E-state index contributed by atoms with van der Waals surface area (Å²) in [4.78, 5) is 18.2. The first-order valence-electron chi connectivity index (χ1n) is 9.89. The summed E-state index contributed by atoms with van der Waals surface area (Å²) in [7, 11) is 0. The summed E-state index contributed by atoms with van der Waals surface area (Å²) in [6.45, 7) is 1.92. The number of aryl methyl sites for hydroxylation is 2. The van der Waals surface area contributed by atoms with Crippen LogP contribution in [0.5, 0.6) is 11.5 Å². The summed E-state index contributed by atoms with van der Waals surface area (Å²) >= 11 is 0. The molecule has 4 aromatic rings. The van der Waals surface area contributed by atoms with E-state index in [1.165, 1.54) is 22.8 Å². The Morgan fingerprint density at radius 2 is 1.58 bits per heavy atom. The van der Waals surface area contributed by atoms with E-state index < -0.39 is 11.6 Å². The maximum Gasteiger partial charge on any atom is 0.262 e. The molecular formula is C25H21FN2O3. The number of hydrogen-bond donors (Lipinski definition) is 2. The molecule has 0 atom stereocenters. The molecule has 1 heterocycles. The molecular weight excluding hydrogens is 395 g/mol. The highest BCUT2D eigenvalue weighted by Gasteiger charge is 2.21. The lowest BCUT2D eigenvalue weighted by Gasteiger charge is -2.17. The van der Waals surface area contributed by atoms with E-state index in [1.54, 1.807) is 25.1 Å². The zero-order chi connectivity index (χ0) is 22.0. The molecule has 156 valence electrons. The van der Waals surface area contributed by atoms with Gasteiger partial charge in [0, 0.05) is 12.1 Å². The monoisotopic (exact) mass is 416 g/mol. The minimum atomic E-state index is -0.788. The largest absolute Gasteiger partial charge is 0.507 e. The molecule has 0 spiro atoms. The summed E-state index contributed by atoms with van der Waals surface area (Å²) in [6.07, 6.45) is 0.536. The van der Waals surface area contributed by atoms with E-state index in [4.69, 9.17) is 0 Å². The molecule has 0 unspecified atom stereocenters. The van der Waals surface area contributed by atoms with Gasteiger partial charge in [-0.1, -0.05) is 54.6 Å². The molecule has 31 heavy (non-hydrogen) atoms. The number of rotatable bonds is 5. The van der Waals surface area contributed by atoms with Gasteiger partial charge >= 0.3 is 0 Å². The van der Waals surface area contributed by atoms with Crippen molar-refractivity contribution in [3.8, 4) is 34.0 Å². The van der Waals surface area contributed by atoms with Crippen LogP contribution >= 0.6 is 0 Å². The number of halogens is 1. The third-order valence-electron chi connectivity index (χ3n) is 5.22. The van der Waals surface area contributed by atoms with Crippen molar-refractivity contribution in [1.82, 2.24) is 9.55 Å². The van der Waals surface area contributed by atoms with Crippen molar-refractivity contribution >= 4 is 0 Å².